The number of hydrogen-bond acceptors (Lipinski definition) is 1. The molecule has 0 bridgehead atoms. The average molecular weight is 237 g/mol. The van der Waals surface area contributed by atoms with Crippen LogP contribution in [0.15, 0.2) is 24.8 Å². The second-order valence-corrected chi connectivity index (χ2v) is 3.71. The lowest BCUT2D eigenvalue weighted by atomic mass is 10.1. The van der Waals surface area contributed by atoms with E-state index in [1.165, 1.54) is 0 Å². The molecule has 70 valence electrons. The molecule has 1 rings (SSSR count). The maximum atomic E-state index is 5.93. The van der Waals surface area contributed by atoms with Gasteiger partial charge in [-0.15, -0.1) is 6.58 Å². The van der Waals surface area contributed by atoms with Crippen LogP contribution in [-0.2, 0) is 0 Å². The van der Waals surface area contributed by atoms with Gasteiger partial charge in [0.25, 0.3) is 0 Å². The lowest BCUT2D eigenvalue weighted by Crippen LogP contribution is -2.08. The van der Waals surface area contributed by atoms with E-state index >= 15 is 0 Å². The molecule has 0 fully saturated rings. The van der Waals surface area contributed by atoms with Gasteiger partial charge in [-0.25, -0.2) is 0 Å². The van der Waals surface area contributed by atoms with Crippen molar-refractivity contribution in [2.75, 3.05) is 0 Å². The van der Waals surface area contributed by atoms with Gasteiger partial charge < -0.3 is 5.73 Å². The van der Waals surface area contributed by atoms with Crippen molar-refractivity contribution in [2.24, 2.45) is 5.73 Å². The molecular formula is C9H8Cl3N. The summed E-state index contributed by atoms with van der Waals surface area (Å²) >= 11 is 17.6. The summed E-state index contributed by atoms with van der Waals surface area (Å²) in [6.45, 7) is 3.56. The molecule has 0 amide bonds. The van der Waals surface area contributed by atoms with Crippen molar-refractivity contribution in [3.63, 3.8) is 0 Å². The van der Waals surface area contributed by atoms with Crippen molar-refractivity contribution in [1.82, 2.24) is 0 Å². The van der Waals surface area contributed by atoms with Crippen LogP contribution in [0.4, 0.5) is 0 Å². The maximum Gasteiger partial charge on any atom is 0.0658 e. The fraction of sp³-hybridized carbons (Fsp3) is 0.111. The predicted octanol–water partition coefficient (Wildman–Crippen LogP) is 3.83. The summed E-state index contributed by atoms with van der Waals surface area (Å²) in [6.07, 6.45) is 1.56. The van der Waals surface area contributed by atoms with Gasteiger partial charge in [-0.05, 0) is 12.1 Å². The van der Waals surface area contributed by atoms with E-state index in [1.54, 1.807) is 18.2 Å². The summed E-state index contributed by atoms with van der Waals surface area (Å²) in [5.74, 6) is 0. The van der Waals surface area contributed by atoms with Gasteiger partial charge in [0.05, 0.1) is 16.1 Å². The first-order valence-corrected chi connectivity index (χ1v) is 4.73. The average Bonchev–Trinajstić information content (AvgIpc) is 2.12. The molecule has 2 N–H and O–H groups in total. The van der Waals surface area contributed by atoms with Crippen molar-refractivity contribution in [2.45, 2.75) is 6.04 Å². The van der Waals surface area contributed by atoms with Gasteiger partial charge in [0, 0.05) is 10.6 Å². The van der Waals surface area contributed by atoms with Crippen molar-refractivity contribution in [3.05, 3.63) is 45.4 Å². The van der Waals surface area contributed by atoms with E-state index < -0.39 is 6.04 Å². The standard InChI is InChI=1S/C9H8Cl3N/c1-2-7(13)8-5(10)3-4-6(11)9(8)12/h2-4,7H,1,13H2. The monoisotopic (exact) mass is 235 g/mol. The number of hydrogen-bond donors (Lipinski definition) is 1. The number of benzene rings is 1. The molecule has 0 aliphatic carbocycles. The summed E-state index contributed by atoms with van der Waals surface area (Å²) in [5, 5.41) is 1.33. The molecular weight excluding hydrogens is 228 g/mol. The van der Waals surface area contributed by atoms with Gasteiger partial charge in [-0.1, -0.05) is 40.9 Å². The summed E-state index contributed by atoms with van der Waals surface area (Å²) < 4.78 is 0. The third kappa shape index (κ3) is 2.18. The molecule has 0 aliphatic heterocycles. The lowest BCUT2D eigenvalue weighted by molar-refractivity contribution is 0.915. The molecule has 1 aromatic carbocycles. The lowest BCUT2D eigenvalue weighted by Gasteiger charge is -2.11. The number of nitrogens with two attached hydrogens (primary N) is 1. The van der Waals surface area contributed by atoms with Crippen molar-refractivity contribution < 1.29 is 0 Å². The van der Waals surface area contributed by atoms with Gasteiger partial charge in [0.15, 0.2) is 0 Å². The number of rotatable bonds is 2. The topological polar surface area (TPSA) is 26.0 Å². The Bertz CT molecular complexity index is 336. The summed E-state index contributed by atoms with van der Waals surface area (Å²) in [6, 6.07) is 2.90. The highest BCUT2D eigenvalue weighted by Crippen LogP contribution is 2.34. The summed E-state index contributed by atoms with van der Waals surface area (Å²) in [5.41, 5.74) is 6.34. The second-order valence-electron chi connectivity index (χ2n) is 2.52. The Labute approximate surface area is 92.1 Å². The van der Waals surface area contributed by atoms with Crippen LogP contribution >= 0.6 is 34.8 Å². The maximum absolute atomic E-state index is 5.93. The summed E-state index contributed by atoms with van der Waals surface area (Å²) in [7, 11) is 0. The van der Waals surface area contributed by atoms with Crippen LogP contribution in [0.5, 0.6) is 0 Å². The minimum atomic E-state index is -0.390. The minimum Gasteiger partial charge on any atom is -0.321 e. The largest absolute Gasteiger partial charge is 0.321 e. The smallest absolute Gasteiger partial charge is 0.0658 e. The highest BCUT2D eigenvalue weighted by Gasteiger charge is 2.13. The first kappa shape index (κ1) is 10.9. The Hall–Kier alpha value is -0.210. The Morgan fingerprint density at radius 2 is 1.77 bits per heavy atom. The Morgan fingerprint density at radius 3 is 2.31 bits per heavy atom. The molecule has 1 unspecified atom stereocenters. The van der Waals surface area contributed by atoms with Gasteiger partial charge in [-0.3, -0.25) is 0 Å². The molecule has 0 spiro atoms. The van der Waals surface area contributed by atoms with Gasteiger partial charge in [0.2, 0.25) is 0 Å². The second kappa shape index (κ2) is 4.34. The molecule has 0 heterocycles. The Kier molecular flexibility index (Phi) is 3.63. The van der Waals surface area contributed by atoms with E-state index in [-0.39, 0.29) is 0 Å². The van der Waals surface area contributed by atoms with Crippen molar-refractivity contribution in [1.29, 1.82) is 0 Å². The Morgan fingerprint density at radius 1 is 1.23 bits per heavy atom. The molecule has 0 saturated carbocycles. The van der Waals surface area contributed by atoms with E-state index in [0.717, 1.165) is 0 Å². The van der Waals surface area contributed by atoms with Crippen molar-refractivity contribution in [3.8, 4) is 0 Å². The third-order valence-corrected chi connectivity index (χ3v) is 2.82. The van der Waals surface area contributed by atoms with Crippen LogP contribution in [0.2, 0.25) is 15.1 Å². The normalized spacial score (nSPS) is 12.6. The zero-order valence-electron chi connectivity index (χ0n) is 6.73. The summed E-state index contributed by atoms with van der Waals surface area (Å²) in [4.78, 5) is 0. The molecule has 1 nitrogen and oxygen atoms in total. The molecule has 0 aromatic heterocycles. The fourth-order valence-electron chi connectivity index (χ4n) is 0.966. The highest BCUT2D eigenvalue weighted by atomic mass is 35.5. The van der Waals surface area contributed by atoms with Gasteiger partial charge >= 0.3 is 0 Å². The van der Waals surface area contributed by atoms with Gasteiger partial charge in [0.1, 0.15) is 0 Å². The molecule has 4 heteroatoms. The zero-order chi connectivity index (χ0) is 10.0. The van der Waals surface area contributed by atoms with Crippen LogP contribution in [0.1, 0.15) is 11.6 Å². The molecule has 13 heavy (non-hydrogen) atoms. The number of halogens is 3. The van der Waals surface area contributed by atoms with Crippen LogP contribution < -0.4 is 5.73 Å². The molecule has 0 aliphatic rings. The fourth-order valence-corrected chi connectivity index (χ4v) is 1.75. The van der Waals surface area contributed by atoms with E-state index in [4.69, 9.17) is 40.5 Å². The first-order valence-electron chi connectivity index (χ1n) is 3.59. The predicted molar refractivity (Wildman–Crippen MR) is 58.6 cm³/mol. The molecule has 0 radical (unpaired) electrons. The first-order chi connectivity index (χ1) is 6.07. The van der Waals surface area contributed by atoms with E-state index in [2.05, 4.69) is 6.58 Å². The van der Waals surface area contributed by atoms with Crippen LogP contribution in [0, 0.1) is 0 Å². The molecule has 0 saturated heterocycles. The minimum absolute atomic E-state index is 0.390. The van der Waals surface area contributed by atoms with E-state index in [1.807, 2.05) is 0 Å². The van der Waals surface area contributed by atoms with Crippen LogP contribution in [-0.4, -0.2) is 0 Å². The van der Waals surface area contributed by atoms with Crippen LogP contribution in [0.25, 0.3) is 0 Å². The zero-order valence-corrected chi connectivity index (χ0v) is 9.00. The third-order valence-electron chi connectivity index (χ3n) is 1.67. The Balaban J connectivity index is 3.32. The van der Waals surface area contributed by atoms with E-state index in [0.29, 0.717) is 20.6 Å². The van der Waals surface area contributed by atoms with Gasteiger partial charge in [-0.2, -0.15) is 0 Å². The van der Waals surface area contributed by atoms with Crippen LogP contribution in [0.3, 0.4) is 0 Å². The SMILES string of the molecule is C=CC(N)c1c(Cl)ccc(Cl)c1Cl. The van der Waals surface area contributed by atoms with Crippen molar-refractivity contribution >= 4 is 34.8 Å². The highest BCUT2D eigenvalue weighted by molar-refractivity contribution is 6.44. The molecule has 1 aromatic rings. The molecule has 1 atom stereocenters. The van der Waals surface area contributed by atoms with E-state index in [9.17, 15) is 0 Å². The quantitative estimate of drug-likeness (QED) is 0.613.